The molecule has 340 valence electrons. The molecule has 2 aliphatic heterocycles. The number of amidine groups is 1. The van der Waals surface area contributed by atoms with Crippen LogP contribution >= 0.6 is 22.9 Å². The van der Waals surface area contributed by atoms with E-state index in [2.05, 4.69) is 53.2 Å². The highest BCUT2D eigenvalue weighted by atomic mass is 35.5. The number of hydrogen-bond donors (Lipinski definition) is 5. The van der Waals surface area contributed by atoms with Crippen molar-refractivity contribution in [3.8, 4) is 0 Å². The molecule has 5 rings (SSSR count). The molecule has 3 heterocycles. The summed E-state index contributed by atoms with van der Waals surface area (Å²) in [6, 6.07) is 12.6. The van der Waals surface area contributed by atoms with Gasteiger partial charge in [-0.1, -0.05) is 56.3 Å². The van der Waals surface area contributed by atoms with Gasteiger partial charge >= 0.3 is 0 Å². The number of aliphatic imine (C=N–C) groups is 1. The summed E-state index contributed by atoms with van der Waals surface area (Å²) in [6.45, 7) is 21.0. The molecule has 0 radical (unpaired) electrons. The Morgan fingerprint density at radius 2 is 1.75 bits per heavy atom. The van der Waals surface area contributed by atoms with Crippen molar-refractivity contribution in [2.24, 2.45) is 4.99 Å². The Morgan fingerprint density at radius 1 is 1.03 bits per heavy atom. The van der Waals surface area contributed by atoms with Gasteiger partial charge < -0.3 is 35.8 Å². The molecule has 3 aromatic rings. The molecular weight excluding hydrogens is 832 g/mol. The predicted octanol–water partition coefficient (Wildman–Crippen LogP) is 9.28. The third kappa shape index (κ3) is 13.8. The number of ether oxygens (including phenoxy) is 1. The first-order valence-corrected chi connectivity index (χ1v) is 23.7. The number of benzene rings is 2. The van der Waals surface area contributed by atoms with Crippen molar-refractivity contribution < 1.29 is 19.1 Å². The maximum absolute atomic E-state index is 13.2. The lowest BCUT2D eigenvalue weighted by Crippen LogP contribution is -2.45. The molecule has 0 saturated carbocycles. The Hall–Kier alpha value is -4.82. The van der Waals surface area contributed by atoms with E-state index in [9.17, 15) is 14.4 Å². The highest BCUT2D eigenvalue weighted by Gasteiger charge is 2.37. The SMILES string of the molecule is C=CNC(=O)C(CCC)N1Cc2c(NC(=O)CCCNCCCCCOCCCCCNC(=C)C[C@H]3CN(C(C)=N)c4sc(C)c(C)c4C(c4ccc(Cl)cc4)=N3)cccc2C1=O. The van der Waals surface area contributed by atoms with Crippen molar-refractivity contribution in [3.63, 3.8) is 0 Å². The van der Waals surface area contributed by atoms with Gasteiger partial charge in [0, 0.05) is 89.2 Å². The quantitative estimate of drug-likeness (QED) is 0.0306. The topological polar surface area (TPSA) is 151 Å². The molecule has 63 heavy (non-hydrogen) atoms. The Balaban J connectivity index is 0.896. The van der Waals surface area contributed by atoms with Crippen LogP contribution in [0.5, 0.6) is 0 Å². The molecule has 3 amide bonds. The molecule has 2 aliphatic rings. The van der Waals surface area contributed by atoms with Crippen LogP contribution in [0.4, 0.5) is 10.7 Å². The molecule has 0 aliphatic carbocycles. The maximum atomic E-state index is 13.2. The van der Waals surface area contributed by atoms with Crippen molar-refractivity contribution in [2.45, 2.75) is 117 Å². The third-order valence-electron chi connectivity index (χ3n) is 11.6. The number of aryl methyl sites for hydroxylation is 1. The van der Waals surface area contributed by atoms with Crippen LogP contribution in [0.2, 0.25) is 5.02 Å². The van der Waals surface area contributed by atoms with E-state index in [-0.39, 0.29) is 30.3 Å². The molecule has 5 N–H and O–H groups in total. The maximum Gasteiger partial charge on any atom is 0.255 e. The number of halogens is 1. The summed E-state index contributed by atoms with van der Waals surface area (Å²) in [4.78, 5) is 48.9. The molecule has 2 atom stereocenters. The number of rotatable bonds is 26. The highest BCUT2D eigenvalue weighted by Crippen LogP contribution is 2.40. The predicted molar refractivity (Wildman–Crippen MR) is 260 cm³/mol. The molecule has 0 spiro atoms. The lowest BCUT2D eigenvalue weighted by molar-refractivity contribution is -0.125. The van der Waals surface area contributed by atoms with Gasteiger partial charge in [0.05, 0.1) is 17.6 Å². The van der Waals surface area contributed by atoms with Gasteiger partial charge in [-0.15, -0.1) is 11.3 Å². The average molecular weight is 900 g/mol. The first-order chi connectivity index (χ1) is 30.4. The molecular formula is C49H67ClN8O4S. The number of carbonyl (C=O) groups is 3. The van der Waals surface area contributed by atoms with Crippen LogP contribution in [-0.4, -0.2) is 85.6 Å². The molecule has 2 aromatic carbocycles. The zero-order valence-corrected chi connectivity index (χ0v) is 39.2. The largest absolute Gasteiger partial charge is 0.389 e. The summed E-state index contributed by atoms with van der Waals surface area (Å²) in [5.74, 6) is -0.0346. The molecule has 1 unspecified atom stereocenters. The summed E-state index contributed by atoms with van der Waals surface area (Å²) >= 11 is 7.97. The first-order valence-electron chi connectivity index (χ1n) is 22.5. The van der Waals surface area contributed by atoms with Crippen LogP contribution in [0.3, 0.4) is 0 Å². The molecule has 1 aromatic heterocycles. The summed E-state index contributed by atoms with van der Waals surface area (Å²) in [6.07, 6.45) is 10.7. The van der Waals surface area contributed by atoms with Crippen LogP contribution in [0.15, 0.2) is 72.5 Å². The van der Waals surface area contributed by atoms with Crippen molar-refractivity contribution in [1.82, 2.24) is 20.9 Å². The van der Waals surface area contributed by atoms with E-state index in [1.54, 1.807) is 28.4 Å². The molecule has 12 nitrogen and oxygen atoms in total. The molecule has 0 fully saturated rings. The van der Waals surface area contributed by atoms with Gasteiger partial charge in [-0.25, -0.2) is 0 Å². The number of amides is 3. The zero-order valence-electron chi connectivity index (χ0n) is 37.7. The molecule has 0 bridgehead atoms. The van der Waals surface area contributed by atoms with E-state index < -0.39 is 6.04 Å². The van der Waals surface area contributed by atoms with Crippen molar-refractivity contribution >= 4 is 62.9 Å². The second kappa shape index (κ2) is 24.9. The molecule has 14 heteroatoms. The van der Waals surface area contributed by atoms with Gasteiger partial charge in [-0.05, 0) is 121 Å². The van der Waals surface area contributed by atoms with Crippen molar-refractivity contribution in [2.75, 3.05) is 49.6 Å². The van der Waals surface area contributed by atoms with E-state index in [0.29, 0.717) is 54.3 Å². The number of fused-ring (bicyclic) bond motifs is 2. The minimum absolute atomic E-state index is 0.0611. The van der Waals surface area contributed by atoms with Crippen molar-refractivity contribution in [3.05, 3.63) is 105 Å². The van der Waals surface area contributed by atoms with Gasteiger partial charge in [0.2, 0.25) is 11.8 Å². The van der Waals surface area contributed by atoms with Crippen LogP contribution < -0.4 is 26.2 Å². The standard InChI is InChI=1S/C49H67ClN8O4S/c1-7-17-43(47(60)53-8-2)58-32-41-40(48(58)61)18-15-19-42(41)56-44(59)20-16-26-52-25-11-9-13-28-62-29-14-10-12-27-54-33(3)30-39-31-57(36(6)51)49-45(34(4)35(5)63-49)46(55-39)37-21-23-38(50)24-22-37/h8,15,18-19,21-24,39,43,51-52,54H,2-3,7,9-14,16-17,20,25-32H2,1,4-6H3,(H,53,60)(H,56,59)/t39-,43?/m0/s1. The van der Waals surface area contributed by atoms with E-state index in [1.807, 2.05) is 44.2 Å². The minimum atomic E-state index is -0.597. The minimum Gasteiger partial charge on any atom is -0.389 e. The summed E-state index contributed by atoms with van der Waals surface area (Å²) in [7, 11) is 0. The number of unbranched alkanes of at least 4 members (excludes halogenated alkanes) is 4. The number of hydrogen-bond acceptors (Lipinski definition) is 9. The van der Waals surface area contributed by atoms with Gasteiger partial charge in [-0.2, -0.15) is 0 Å². The second-order valence-electron chi connectivity index (χ2n) is 16.4. The summed E-state index contributed by atoms with van der Waals surface area (Å²) in [5.41, 5.74) is 7.15. The second-order valence-corrected chi connectivity index (χ2v) is 18.1. The Labute approximate surface area is 383 Å². The highest BCUT2D eigenvalue weighted by molar-refractivity contribution is 7.17. The van der Waals surface area contributed by atoms with Gasteiger partial charge in [-0.3, -0.25) is 24.8 Å². The number of anilines is 2. The lowest BCUT2D eigenvalue weighted by Gasteiger charge is -2.26. The van der Waals surface area contributed by atoms with Crippen LogP contribution in [0.1, 0.15) is 122 Å². The van der Waals surface area contributed by atoms with E-state index in [1.165, 1.54) is 16.6 Å². The number of thiophene rings is 1. The van der Waals surface area contributed by atoms with Gasteiger partial charge in [0.15, 0.2) is 0 Å². The van der Waals surface area contributed by atoms with Gasteiger partial charge in [0.1, 0.15) is 11.0 Å². The normalized spacial score (nSPS) is 15.0. The first kappa shape index (κ1) is 49.2. The molecule has 0 saturated heterocycles. The van der Waals surface area contributed by atoms with E-state index >= 15 is 0 Å². The Bertz CT molecular complexity index is 2100. The monoisotopic (exact) mass is 898 g/mol. The van der Waals surface area contributed by atoms with Crippen LogP contribution in [-0.2, 0) is 20.9 Å². The van der Waals surface area contributed by atoms with Crippen molar-refractivity contribution in [1.29, 1.82) is 5.41 Å². The third-order valence-corrected chi connectivity index (χ3v) is 13.0. The number of nitrogens with zero attached hydrogens (tertiary/aromatic N) is 3. The average Bonchev–Trinajstić information content (AvgIpc) is 3.68. The summed E-state index contributed by atoms with van der Waals surface area (Å²) in [5, 5.41) is 23.0. The van der Waals surface area contributed by atoms with Gasteiger partial charge in [0.25, 0.3) is 5.91 Å². The van der Waals surface area contributed by atoms with Crippen LogP contribution in [0.25, 0.3) is 0 Å². The fourth-order valence-electron chi connectivity index (χ4n) is 8.08. The number of carbonyl (C=O) groups excluding carboxylic acids is 3. The number of nitrogens with one attached hydrogen (secondary N) is 5. The fourth-order valence-corrected chi connectivity index (χ4v) is 9.42. The summed E-state index contributed by atoms with van der Waals surface area (Å²) < 4.78 is 5.91. The fraction of sp³-hybridized carbons (Fsp3) is 0.490. The Morgan fingerprint density at radius 3 is 2.44 bits per heavy atom. The zero-order chi connectivity index (χ0) is 45.3. The van der Waals surface area contributed by atoms with E-state index in [0.717, 1.165) is 111 Å². The Kier molecular flexibility index (Phi) is 19.4. The van der Waals surface area contributed by atoms with Crippen LogP contribution in [0, 0.1) is 19.3 Å². The lowest BCUT2D eigenvalue weighted by atomic mass is 9.99. The smallest absolute Gasteiger partial charge is 0.255 e. The van der Waals surface area contributed by atoms with E-state index in [4.69, 9.17) is 26.7 Å².